The Bertz CT molecular complexity index is 293. The van der Waals surface area contributed by atoms with Crippen LogP contribution >= 0.6 is 22.6 Å². The lowest BCUT2D eigenvalue weighted by Crippen LogP contribution is -2.13. The fraction of sp³-hybridized carbons (Fsp3) is 0.111. The Morgan fingerprint density at radius 2 is 2.09 bits per heavy atom. The van der Waals surface area contributed by atoms with E-state index in [1.165, 1.54) is 11.1 Å². The first-order valence-corrected chi connectivity index (χ1v) is 4.78. The van der Waals surface area contributed by atoms with Crippen molar-refractivity contribution in [3.63, 3.8) is 0 Å². The van der Waals surface area contributed by atoms with Crippen LogP contribution in [0.5, 0.6) is 0 Å². The molecule has 0 fully saturated rings. The van der Waals surface area contributed by atoms with E-state index in [1.54, 1.807) is 0 Å². The molecule has 2 heteroatoms. The van der Waals surface area contributed by atoms with Gasteiger partial charge >= 0.3 is 0 Å². The third-order valence-corrected chi connectivity index (χ3v) is 2.81. The van der Waals surface area contributed by atoms with Gasteiger partial charge < -0.3 is 5.32 Å². The molecule has 1 nitrogen and oxygen atoms in total. The van der Waals surface area contributed by atoms with Gasteiger partial charge in [-0.1, -0.05) is 46.9 Å². The number of benzene rings is 1. The molecule has 1 heterocycles. The van der Waals surface area contributed by atoms with E-state index in [1.807, 2.05) is 6.20 Å². The minimum atomic E-state index is 0.425. The molecule has 56 valence electrons. The SMILES string of the molecule is I[C@H]1NC=Cc2ccccc21. The number of hydrogen-bond acceptors (Lipinski definition) is 1. The molecule has 0 aliphatic carbocycles. The van der Waals surface area contributed by atoms with E-state index in [2.05, 4.69) is 58.2 Å². The lowest BCUT2D eigenvalue weighted by molar-refractivity contribution is 0.865. The van der Waals surface area contributed by atoms with Crippen LogP contribution in [0.1, 0.15) is 15.2 Å². The lowest BCUT2D eigenvalue weighted by Gasteiger charge is -2.17. The van der Waals surface area contributed by atoms with Gasteiger partial charge in [-0.05, 0) is 23.4 Å². The molecule has 1 N–H and O–H groups in total. The van der Waals surface area contributed by atoms with Gasteiger partial charge in [0.1, 0.15) is 4.05 Å². The van der Waals surface area contributed by atoms with Crippen LogP contribution in [0.4, 0.5) is 0 Å². The average molecular weight is 257 g/mol. The van der Waals surface area contributed by atoms with Gasteiger partial charge in [0.2, 0.25) is 0 Å². The summed E-state index contributed by atoms with van der Waals surface area (Å²) in [5.41, 5.74) is 2.70. The van der Waals surface area contributed by atoms with Crippen LogP contribution in [0.3, 0.4) is 0 Å². The van der Waals surface area contributed by atoms with Crippen LogP contribution in [0, 0.1) is 0 Å². The van der Waals surface area contributed by atoms with Gasteiger partial charge in [-0.15, -0.1) is 0 Å². The van der Waals surface area contributed by atoms with Crippen molar-refractivity contribution in [3.8, 4) is 0 Å². The summed E-state index contributed by atoms with van der Waals surface area (Å²) < 4.78 is 0.425. The third-order valence-electron chi connectivity index (χ3n) is 1.77. The number of hydrogen-bond donors (Lipinski definition) is 1. The Balaban J connectivity index is 2.54. The summed E-state index contributed by atoms with van der Waals surface area (Å²) in [6.07, 6.45) is 4.10. The minimum Gasteiger partial charge on any atom is -0.376 e. The first-order valence-electron chi connectivity index (χ1n) is 3.53. The van der Waals surface area contributed by atoms with Crippen molar-refractivity contribution in [1.82, 2.24) is 5.32 Å². The molecule has 0 saturated heterocycles. The van der Waals surface area contributed by atoms with Crippen molar-refractivity contribution in [2.45, 2.75) is 4.05 Å². The Hall–Kier alpha value is -0.510. The quantitative estimate of drug-likeness (QED) is 0.428. The maximum Gasteiger partial charge on any atom is 0.104 e. The second-order valence-electron chi connectivity index (χ2n) is 2.49. The summed E-state index contributed by atoms with van der Waals surface area (Å²) in [6, 6.07) is 8.43. The monoisotopic (exact) mass is 257 g/mol. The molecule has 11 heavy (non-hydrogen) atoms. The summed E-state index contributed by atoms with van der Waals surface area (Å²) >= 11 is 2.39. The van der Waals surface area contributed by atoms with E-state index in [9.17, 15) is 0 Å². The van der Waals surface area contributed by atoms with Gasteiger partial charge in [-0.25, -0.2) is 0 Å². The predicted octanol–water partition coefficient (Wildman–Crippen LogP) is 2.69. The molecule has 0 saturated carbocycles. The van der Waals surface area contributed by atoms with E-state index >= 15 is 0 Å². The number of fused-ring (bicyclic) bond motifs is 1. The number of nitrogens with one attached hydrogen (secondary N) is 1. The molecular formula is C9H8IN. The van der Waals surface area contributed by atoms with Crippen LogP contribution in [-0.4, -0.2) is 0 Å². The molecule has 2 rings (SSSR count). The average Bonchev–Trinajstić information content (AvgIpc) is 2.06. The molecule has 0 aromatic heterocycles. The van der Waals surface area contributed by atoms with E-state index in [0.717, 1.165) is 0 Å². The summed E-state index contributed by atoms with van der Waals surface area (Å²) in [6.45, 7) is 0. The van der Waals surface area contributed by atoms with Gasteiger partial charge in [0, 0.05) is 0 Å². The topological polar surface area (TPSA) is 12.0 Å². The van der Waals surface area contributed by atoms with Gasteiger partial charge in [0.25, 0.3) is 0 Å². The first-order chi connectivity index (χ1) is 5.38. The molecule has 1 aromatic rings. The molecule has 0 bridgehead atoms. The van der Waals surface area contributed by atoms with E-state index in [-0.39, 0.29) is 0 Å². The van der Waals surface area contributed by atoms with E-state index < -0.39 is 0 Å². The van der Waals surface area contributed by atoms with E-state index in [4.69, 9.17) is 0 Å². The summed E-state index contributed by atoms with van der Waals surface area (Å²) in [4.78, 5) is 0. The molecule has 1 aliphatic heterocycles. The number of halogens is 1. The Morgan fingerprint density at radius 1 is 1.27 bits per heavy atom. The Kier molecular flexibility index (Phi) is 1.85. The normalized spacial score (nSPS) is 20.6. The zero-order valence-electron chi connectivity index (χ0n) is 5.92. The smallest absolute Gasteiger partial charge is 0.104 e. The van der Waals surface area contributed by atoms with Crippen molar-refractivity contribution < 1.29 is 0 Å². The third kappa shape index (κ3) is 1.27. The molecule has 0 spiro atoms. The van der Waals surface area contributed by atoms with Crippen molar-refractivity contribution in [3.05, 3.63) is 41.6 Å². The molecule has 0 unspecified atom stereocenters. The van der Waals surface area contributed by atoms with Crippen LogP contribution in [0.15, 0.2) is 30.5 Å². The maximum atomic E-state index is 3.24. The summed E-state index contributed by atoms with van der Waals surface area (Å²) in [5.74, 6) is 0. The summed E-state index contributed by atoms with van der Waals surface area (Å²) in [5, 5.41) is 3.24. The Morgan fingerprint density at radius 3 is 2.91 bits per heavy atom. The lowest BCUT2D eigenvalue weighted by atomic mass is 10.1. The fourth-order valence-electron chi connectivity index (χ4n) is 1.21. The standard InChI is InChI=1S/C9H8IN/c10-9-8-4-2-1-3-7(8)5-6-11-9/h1-6,9,11H/t9-/m0/s1. The molecule has 0 amide bonds. The van der Waals surface area contributed by atoms with Crippen molar-refractivity contribution in [1.29, 1.82) is 0 Å². The molecular weight excluding hydrogens is 249 g/mol. The van der Waals surface area contributed by atoms with Crippen molar-refractivity contribution >= 4 is 28.7 Å². The number of rotatable bonds is 0. The second-order valence-corrected chi connectivity index (χ2v) is 3.74. The largest absolute Gasteiger partial charge is 0.376 e. The van der Waals surface area contributed by atoms with Crippen molar-refractivity contribution in [2.75, 3.05) is 0 Å². The number of alkyl halides is 1. The highest BCUT2D eigenvalue weighted by atomic mass is 127. The van der Waals surface area contributed by atoms with Gasteiger partial charge in [0.15, 0.2) is 0 Å². The minimum absolute atomic E-state index is 0.425. The predicted molar refractivity (Wildman–Crippen MR) is 55.4 cm³/mol. The molecule has 1 aromatic carbocycles. The molecule has 0 radical (unpaired) electrons. The van der Waals surface area contributed by atoms with Crippen LogP contribution in [-0.2, 0) is 0 Å². The Labute approximate surface area is 79.6 Å². The highest BCUT2D eigenvalue weighted by molar-refractivity contribution is 14.1. The summed E-state index contributed by atoms with van der Waals surface area (Å²) in [7, 11) is 0. The van der Waals surface area contributed by atoms with Gasteiger partial charge in [0.05, 0.1) is 0 Å². The fourth-order valence-corrected chi connectivity index (χ4v) is 1.98. The highest BCUT2D eigenvalue weighted by Gasteiger charge is 2.10. The zero-order valence-corrected chi connectivity index (χ0v) is 8.08. The second kappa shape index (κ2) is 2.85. The maximum absolute atomic E-state index is 3.24. The molecule has 1 atom stereocenters. The zero-order chi connectivity index (χ0) is 7.68. The molecule has 1 aliphatic rings. The first kappa shape index (κ1) is 7.16. The van der Waals surface area contributed by atoms with Gasteiger partial charge in [-0.2, -0.15) is 0 Å². The highest BCUT2D eigenvalue weighted by Crippen LogP contribution is 2.27. The van der Waals surface area contributed by atoms with Crippen LogP contribution < -0.4 is 5.32 Å². The van der Waals surface area contributed by atoms with E-state index in [0.29, 0.717) is 4.05 Å². The van der Waals surface area contributed by atoms with Crippen molar-refractivity contribution in [2.24, 2.45) is 0 Å². The van der Waals surface area contributed by atoms with Gasteiger partial charge in [-0.3, -0.25) is 0 Å². The van der Waals surface area contributed by atoms with Crippen LogP contribution in [0.2, 0.25) is 0 Å². The van der Waals surface area contributed by atoms with Crippen LogP contribution in [0.25, 0.3) is 6.08 Å².